The highest BCUT2D eigenvalue weighted by atomic mass is 32.2. The van der Waals surface area contributed by atoms with Crippen LogP contribution in [0.15, 0.2) is 71.6 Å². The number of hydrogen-bond donors (Lipinski definition) is 1. The lowest BCUT2D eigenvalue weighted by Gasteiger charge is -2.25. The number of halogens is 1. The molecule has 0 aromatic heterocycles. The lowest BCUT2D eigenvalue weighted by molar-refractivity contribution is -0.114. The van der Waals surface area contributed by atoms with Gasteiger partial charge in [0, 0.05) is 5.69 Å². The van der Waals surface area contributed by atoms with Gasteiger partial charge in [0.1, 0.15) is 12.4 Å². The maximum absolute atomic E-state index is 13.3. The van der Waals surface area contributed by atoms with E-state index in [0.29, 0.717) is 11.4 Å². The molecule has 1 N–H and O–H groups in total. The van der Waals surface area contributed by atoms with E-state index in [4.69, 9.17) is 0 Å². The Morgan fingerprint density at radius 3 is 2.23 bits per heavy atom. The molecule has 3 aromatic carbocycles. The van der Waals surface area contributed by atoms with Crippen LogP contribution in [0.2, 0.25) is 0 Å². The second kappa shape index (κ2) is 9.31. The number of hydrogen-bond acceptors (Lipinski definition) is 3. The molecule has 0 aliphatic rings. The van der Waals surface area contributed by atoms with Gasteiger partial charge in [-0.15, -0.1) is 0 Å². The molecule has 0 unspecified atom stereocenters. The Kier molecular flexibility index (Phi) is 6.75. The summed E-state index contributed by atoms with van der Waals surface area (Å²) in [5.74, 6) is -1.000. The van der Waals surface area contributed by atoms with Crippen molar-refractivity contribution >= 4 is 27.3 Å². The molecule has 3 rings (SSSR count). The molecule has 0 heterocycles. The number of carbonyl (C=O) groups is 1. The van der Waals surface area contributed by atoms with E-state index >= 15 is 0 Å². The molecular formula is C24H25FN2O3S. The van der Waals surface area contributed by atoms with Crippen molar-refractivity contribution in [3.05, 3.63) is 89.2 Å². The zero-order chi connectivity index (χ0) is 22.6. The van der Waals surface area contributed by atoms with Gasteiger partial charge >= 0.3 is 0 Å². The van der Waals surface area contributed by atoms with E-state index in [2.05, 4.69) is 5.32 Å². The molecule has 0 radical (unpaired) electrons. The molecule has 0 saturated heterocycles. The minimum absolute atomic E-state index is 0.0904. The first kappa shape index (κ1) is 22.5. The molecular weight excluding hydrogens is 415 g/mol. The number of benzene rings is 3. The summed E-state index contributed by atoms with van der Waals surface area (Å²) in [5, 5.41) is 2.87. The molecule has 0 atom stereocenters. The van der Waals surface area contributed by atoms with Gasteiger partial charge in [-0.3, -0.25) is 9.10 Å². The molecule has 7 heteroatoms. The Bertz CT molecular complexity index is 1170. The summed E-state index contributed by atoms with van der Waals surface area (Å²) >= 11 is 0. The zero-order valence-corrected chi connectivity index (χ0v) is 18.5. The van der Waals surface area contributed by atoms with Crippen molar-refractivity contribution < 1.29 is 17.6 Å². The average molecular weight is 441 g/mol. The van der Waals surface area contributed by atoms with Gasteiger partial charge in [0.05, 0.1) is 10.6 Å². The Balaban J connectivity index is 1.97. The summed E-state index contributed by atoms with van der Waals surface area (Å²) in [6, 6.07) is 17.1. The van der Waals surface area contributed by atoms with Crippen molar-refractivity contribution in [2.45, 2.75) is 32.1 Å². The topological polar surface area (TPSA) is 66.5 Å². The molecule has 31 heavy (non-hydrogen) atoms. The number of amides is 1. The van der Waals surface area contributed by atoms with Gasteiger partial charge in [-0.1, -0.05) is 42.8 Å². The van der Waals surface area contributed by atoms with Crippen molar-refractivity contribution in [2.24, 2.45) is 0 Å². The molecule has 3 aromatic rings. The van der Waals surface area contributed by atoms with E-state index in [0.717, 1.165) is 39.5 Å². The van der Waals surface area contributed by atoms with Crippen molar-refractivity contribution in [1.29, 1.82) is 0 Å². The maximum Gasteiger partial charge on any atom is 0.264 e. The normalized spacial score (nSPS) is 11.2. The first-order valence-corrected chi connectivity index (χ1v) is 11.4. The molecule has 0 spiro atoms. The van der Waals surface area contributed by atoms with Crippen LogP contribution in [-0.4, -0.2) is 20.9 Å². The third-order valence-electron chi connectivity index (χ3n) is 5.02. The number of sulfonamides is 1. The SMILES string of the molecule is CCc1cccc(C)c1NC(=O)CN(c1ccc(C)cc1)S(=O)(=O)c1ccc(F)cc1. The maximum atomic E-state index is 13.3. The molecule has 0 fully saturated rings. The quantitative estimate of drug-likeness (QED) is 0.572. The van der Waals surface area contributed by atoms with Gasteiger partial charge in [-0.2, -0.15) is 0 Å². The summed E-state index contributed by atoms with van der Waals surface area (Å²) < 4.78 is 41.0. The minimum atomic E-state index is -4.09. The largest absolute Gasteiger partial charge is 0.324 e. The molecule has 0 aliphatic heterocycles. The van der Waals surface area contributed by atoms with Crippen molar-refractivity contribution in [3.8, 4) is 0 Å². The number of carbonyl (C=O) groups excluding carboxylic acids is 1. The third-order valence-corrected chi connectivity index (χ3v) is 6.80. The average Bonchev–Trinajstić information content (AvgIpc) is 2.74. The number of nitrogens with one attached hydrogen (secondary N) is 1. The smallest absolute Gasteiger partial charge is 0.264 e. The first-order valence-electron chi connectivity index (χ1n) is 9.95. The summed E-state index contributed by atoms with van der Waals surface area (Å²) in [5.41, 5.74) is 3.87. The van der Waals surface area contributed by atoms with Gasteiger partial charge in [-0.05, 0) is 67.8 Å². The Morgan fingerprint density at radius 1 is 0.968 bits per heavy atom. The highest BCUT2D eigenvalue weighted by Crippen LogP contribution is 2.25. The summed E-state index contributed by atoms with van der Waals surface area (Å²) in [6.45, 7) is 5.35. The Labute approximate surface area is 182 Å². The number of rotatable bonds is 7. The van der Waals surface area contributed by atoms with Crippen LogP contribution in [0.1, 0.15) is 23.6 Å². The third kappa shape index (κ3) is 5.11. The minimum Gasteiger partial charge on any atom is -0.324 e. The van der Waals surface area contributed by atoms with Gasteiger partial charge in [0.2, 0.25) is 5.91 Å². The Hall–Kier alpha value is -3.19. The number of aryl methyl sites for hydroxylation is 3. The van der Waals surface area contributed by atoms with E-state index in [1.54, 1.807) is 24.3 Å². The van der Waals surface area contributed by atoms with Crippen molar-refractivity contribution in [2.75, 3.05) is 16.2 Å². The fraction of sp³-hybridized carbons (Fsp3) is 0.208. The van der Waals surface area contributed by atoms with Gasteiger partial charge in [-0.25, -0.2) is 12.8 Å². The summed E-state index contributed by atoms with van der Waals surface area (Å²) in [6.07, 6.45) is 0.729. The molecule has 0 saturated carbocycles. The van der Waals surface area contributed by atoms with Gasteiger partial charge < -0.3 is 5.32 Å². The van der Waals surface area contributed by atoms with Crippen LogP contribution in [-0.2, 0) is 21.2 Å². The van der Waals surface area contributed by atoms with E-state index in [1.165, 1.54) is 12.1 Å². The van der Waals surface area contributed by atoms with Crippen LogP contribution in [0.25, 0.3) is 0 Å². The molecule has 0 aliphatic carbocycles. The zero-order valence-electron chi connectivity index (χ0n) is 17.7. The highest BCUT2D eigenvalue weighted by Gasteiger charge is 2.27. The number of nitrogens with zero attached hydrogens (tertiary/aromatic N) is 1. The van der Waals surface area contributed by atoms with E-state index < -0.39 is 28.3 Å². The van der Waals surface area contributed by atoms with E-state index in [-0.39, 0.29) is 4.90 Å². The van der Waals surface area contributed by atoms with Gasteiger partial charge in [0.15, 0.2) is 0 Å². The summed E-state index contributed by atoms with van der Waals surface area (Å²) in [4.78, 5) is 12.8. The van der Waals surface area contributed by atoms with Crippen molar-refractivity contribution in [1.82, 2.24) is 0 Å². The number of anilines is 2. The lowest BCUT2D eigenvalue weighted by Crippen LogP contribution is -2.38. The fourth-order valence-corrected chi connectivity index (χ4v) is 4.69. The van der Waals surface area contributed by atoms with Gasteiger partial charge in [0.25, 0.3) is 10.0 Å². The van der Waals surface area contributed by atoms with Crippen LogP contribution in [0.3, 0.4) is 0 Å². The molecule has 162 valence electrons. The van der Waals surface area contributed by atoms with Crippen LogP contribution in [0.5, 0.6) is 0 Å². The highest BCUT2D eigenvalue weighted by molar-refractivity contribution is 7.92. The molecule has 0 bridgehead atoms. The molecule has 1 amide bonds. The van der Waals surface area contributed by atoms with Crippen LogP contribution in [0, 0.1) is 19.7 Å². The van der Waals surface area contributed by atoms with Crippen LogP contribution < -0.4 is 9.62 Å². The first-order chi connectivity index (χ1) is 14.7. The Morgan fingerprint density at radius 2 is 1.61 bits per heavy atom. The monoisotopic (exact) mass is 440 g/mol. The van der Waals surface area contributed by atoms with E-state index in [1.807, 2.05) is 39.0 Å². The van der Waals surface area contributed by atoms with Crippen LogP contribution >= 0.6 is 0 Å². The number of para-hydroxylation sites is 1. The second-order valence-corrected chi connectivity index (χ2v) is 9.17. The molecule has 5 nitrogen and oxygen atoms in total. The van der Waals surface area contributed by atoms with Crippen molar-refractivity contribution in [3.63, 3.8) is 0 Å². The van der Waals surface area contributed by atoms with E-state index in [9.17, 15) is 17.6 Å². The predicted molar refractivity (Wildman–Crippen MR) is 121 cm³/mol. The fourth-order valence-electron chi connectivity index (χ4n) is 3.27. The van der Waals surface area contributed by atoms with Crippen LogP contribution in [0.4, 0.5) is 15.8 Å². The summed E-state index contributed by atoms with van der Waals surface area (Å²) in [7, 11) is -4.09. The lowest BCUT2D eigenvalue weighted by atomic mass is 10.1. The predicted octanol–water partition coefficient (Wildman–Crippen LogP) is 4.84. The second-order valence-electron chi connectivity index (χ2n) is 7.31. The standard InChI is InChI=1S/C24H25FN2O3S/c1-4-19-7-5-6-18(3)24(19)26-23(28)16-27(21-12-8-17(2)9-13-21)31(29,30)22-14-10-20(25)11-15-22/h5-15H,4,16H2,1-3H3,(H,26,28).